The lowest BCUT2D eigenvalue weighted by Crippen LogP contribution is -2.99. The van der Waals surface area contributed by atoms with Crippen LogP contribution >= 0.6 is 0 Å². The molecule has 1 saturated carbocycles. The number of nitrogens with one attached hydrogen (secondary N) is 2. The van der Waals surface area contributed by atoms with E-state index in [1.807, 2.05) is 0 Å². The van der Waals surface area contributed by atoms with Crippen molar-refractivity contribution in [2.75, 3.05) is 6.61 Å². The molecule has 12 heteroatoms. The van der Waals surface area contributed by atoms with Crippen molar-refractivity contribution in [1.82, 2.24) is 5.32 Å². The summed E-state index contributed by atoms with van der Waals surface area (Å²) in [7, 11) is 0. The van der Waals surface area contributed by atoms with Crippen LogP contribution in [0, 0.1) is 5.92 Å². The van der Waals surface area contributed by atoms with Crippen molar-refractivity contribution in [1.29, 1.82) is 0 Å². The number of hydrogen-bond donors (Lipinski definition) is 5. The molecule has 6 rings (SSSR count). The molecule has 0 aromatic rings. The number of carbonyl (C=O) groups excluding carboxylic acids is 2. The number of nitrogens with two attached hydrogens (primary N) is 1. The maximum absolute atomic E-state index is 11.9. The number of aliphatic hydroxyl groups is 2. The Morgan fingerprint density at radius 1 is 1.30 bits per heavy atom. The molecular weight excluding hydrogens is 366 g/mol. The zero-order valence-corrected chi connectivity index (χ0v) is 14.5. The van der Waals surface area contributed by atoms with Gasteiger partial charge in [-0.05, 0) is 0 Å². The van der Waals surface area contributed by atoms with Crippen LogP contribution in [0.1, 0.15) is 13.8 Å². The molecule has 7 bridgehead atoms. The fraction of sp³-hybridized carbons (Fsp3) is 0.800. The molecule has 27 heavy (non-hydrogen) atoms. The van der Waals surface area contributed by atoms with Crippen molar-refractivity contribution in [2.24, 2.45) is 11.7 Å². The average Bonchev–Trinajstić information content (AvgIpc) is 2.71. The van der Waals surface area contributed by atoms with E-state index >= 15 is 0 Å². The average molecular weight is 386 g/mol. The molecule has 0 amide bonds. The number of aliphatic hydroxyl groups excluding tert-OH is 1. The Morgan fingerprint density at radius 3 is 2.67 bits per heavy atom. The first-order valence-electron chi connectivity index (χ1n) is 8.56. The standard InChI is InChI=1S/C15H19N3O9/c1-4(19)23-3-13(25-5(2)20)8-6-10-17-12(16)18-14(6)7(21)9(13)27-15(22,26-8)11(14)24-10/h6-11,21-22H,3H2,1-2H3,(H3,16,17,18)/p+1. The van der Waals surface area contributed by atoms with Crippen molar-refractivity contribution in [2.45, 2.75) is 61.6 Å². The van der Waals surface area contributed by atoms with Gasteiger partial charge in [-0.3, -0.25) is 25.6 Å². The number of ether oxygens (including phenoxy) is 5. The lowest BCUT2D eigenvalue weighted by atomic mass is 9.56. The largest absolute Gasteiger partial charge is 0.461 e. The Kier molecular flexibility index (Phi) is 3.10. The Bertz CT molecular complexity index is 776. The van der Waals surface area contributed by atoms with Crippen LogP contribution < -0.4 is 16.0 Å². The van der Waals surface area contributed by atoms with E-state index in [1.54, 1.807) is 0 Å². The van der Waals surface area contributed by atoms with Gasteiger partial charge in [0, 0.05) is 13.8 Å². The van der Waals surface area contributed by atoms with Crippen LogP contribution in [-0.2, 0) is 33.3 Å². The molecule has 5 fully saturated rings. The van der Waals surface area contributed by atoms with Crippen LogP contribution in [0.2, 0.25) is 0 Å². The van der Waals surface area contributed by atoms with Gasteiger partial charge in [0.1, 0.15) is 24.9 Å². The van der Waals surface area contributed by atoms with E-state index in [0.29, 0.717) is 0 Å². The van der Waals surface area contributed by atoms with Crippen molar-refractivity contribution in [3.8, 4) is 0 Å². The highest BCUT2D eigenvalue weighted by atomic mass is 16.9. The zero-order valence-electron chi connectivity index (χ0n) is 14.5. The quantitative estimate of drug-likeness (QED) is 0.293. The highest BCUT2D eigenvalue weighted by molar-refractivity contribution is 5.74. The van der Waals surface area contributed by atoms with Crippen LogP contribution in [-0.4, -0.2) is 82.5 Å². The second-order valence-electron chi connectivity index (χ2n) is 7.56. The summed E-state index contributed by atoms with van der Waals surface area (Å²) in [6, 6.07) is 0. The Hall–Kier alpha value is -1.99. The van der Waals surface area contributed by atoms with Gasteiger partial charge in [0.25, 0.3) is 0 Å². The third-order valence-electron chi connectivity index (χ3n) is 6.07. The molecule has 5 aliphatic heterocycles. The first kappa shape index (κ1) is 17.1. The lowest BCUT2D eigenvalue weighted by Gasteiger charge is -2.67. The second kappa shape index (κ2) is 4.89. The minimum absolute atomic E-state index is 0.168. The zero-order chi connectivity index (χ0) is 19.4. The van der Waals surface area contributed by atoms with Crippen LogP contribution in [0.4, 0.5) is 0 Å². The third-order valence-corrected chi connectivity index (χ3v) is 6.07. The SMILES string of the molecule is CC(=O)OCC1(OC(C)=O)C2OC3(O)OC1C1C4[NH+]=C(N)NC1(C2O)C3O4. The van der Waals surface area contributed by atoms with Crippen molar-refractivity contribution in [3.63, 3.8) is 0 Å². The molecule has 6 N–H and O–H groups in total. The summed E-state index contributed by atoms with van der Waals surface area (Å²) in [5.74, 6) is -3.96. The molecule has 12 nitrogen and oxygen atoms in total. The van der Waals surface area contributed by atoms with Crippen molar-refractivity contribution < 1.29 is 48.5 Å². The molecule has 5 heterocycles. The van der Waals surface area contributed by atoms with Crippen molar-refractivity contribution in [3.05, 3.63) is 0 Å². The summed E-state index contributed by atoms with van der Waals surface area (Å²) < 4.78 is 27.9. The van der Waals surface area contributed by atoms with Crippen molar-refractivity contribution >= 4 is 17.9 Å². The van der Waals surface area contributed by atoms with Gasteiger partial charge in [-0.1, -0.05) is 0 Å². The predicted octanol–water partition coefficient (Wildman–Crippen LogP) is -5.25. The van der Waals surface area contributed by atoms with Gasteiger partial charge in [-0.15, -0.1) is 0 Å². The van der Waals surface area contributed by atoms with Gasteiger partial charge in [0.2, 0.25) is 5.60 Å². The molecular formula is C15H20N3O9+. The topological polar surface area (TPSA) is 173 Å². The second-order valence-corrected chi connectivity index (χ2v) is 7.56. The smallest absolute Gasteiger partial charge is 0.343 e. The van der Waals surface area contributed by atoms with Gasteiger partial charge in [-0.2, -0.15) is 0 Å². The van der Waals surface area contributed by atoms with Crippen LogP contribution in [0.5, 0.6) is 0 Å². The van der Waals surface area contributed by atoms with Crippen LogP contribution in [0.25, 0.3) is 0 Å². The molecule has 148 valence electrons. The highest BCUT2D eigenvalue weighted by Crippen LogP contribution is 2.62. The van der Waals surface area contributed by atoms with Crippen LogP contribution in [0.3, 0.4) is 0 Å². The summed E-state index contributed by atoms with van der Waals surface area (Å²) in [5, 5.41) is 25.1. The molecule has 4 saturated heterocycles. The highest BCUT2D eigenvalue weighted by Gasteiger charge is 2.89. The number of rotatable bonds is 3. The predicted molar refractivity (Wildman–Crippen MR) is 80.0 cm³/mol. The maximum Gasteiger partial charge on any atom is 0.343 e. The van der Waals surface area contributed by atoms with Crippen LogP contribution in [0.15, 0.2) is 0 Å². The van der Waals surface area contributed by atoms with Gasteiger partial charge in [-0.25, -0.2) is 0 Å². The summed E-state index contributed by atoms with van der Waals surface area (Å²) in [6.07, 6.45) is -5.41. The number of hydrogen-bond acceptors (Lipinski definition) is 11. The maximum atomic E-state index is 11.9. The van der Waals surface area contributed by atoms with E-state index < -0.39 is 72.2 Å². The first-order valence-corrected chi connectivity index (χ1v) is 8.56. The van der Waals surface area contributed by atoms with Gasteiger partial charge in [0.15, 0.2) is 17.9 Å². The number of esters is 2. The molecule has 0 aromatic heterocycles. The van der Waals surface area contributed by atoms with E-state index in [4.69, 9.17) is 29.4 Å². The Morgan fingerprint density at radius 2 is 2.00 bits per heavy atom. The molecule has 1 spiro atoms. The summed E-state index contributed by atoms with van der Waals surface area (Å²) in [6.45, 7) is 1.95. The first-order chi connectivity index (χ1) is 12.6. The van der Waals surface area contributed by atoms with Gasteiger partial charge < -0.3 is 33.9 Å². The van der Waals surface area contributed by atoms with E-state index in [-0.39, 0.29) is 5.96 Å². The van der Waals surface area contributed by atoms with E-state index in [0.717, 1.165) is 0 Å². The normalized spacial score (nSPS) is 53.6. The fourth-order valence-electron chi connectivity index (χ4n) is 5.32. The van der Waals surface area contributed by atoms with Gasteiger partial charge >= 0.3 is 23.9 Å². The lowest BCUT2D eigenvalue weighted by molar-refractivity contribution is -0.574. The van der Waals surface area contributed by atoms with Gasteiger partial charge in [0.05, 0.1) is 5.92 Å². The van der Waals surface area contributed by atoms with E-state index in [1.165, 1.54) is 13.8 Å². The summed E-state index contributed by atoms with van der Waals surface area (Å²) in [4.78, 5) is 26.2. The summed E-state index contributed by atoms with van der Waals surface area (Å²) >= 11 is 0. The molecule has 9 unspecified atom stereocenters. The number of carbonyl (C=O) groups is 2. The minimum atomic E-state index is -2.20. The fourth-order valence-corrected chi connectivity index (χ4v) is 5.32. The third kappa shape index (κ3) is 1.82. The Balaban J connectivity index is 1.68. The molecule has 1 aliphatic carbocycles. The van der Waals surface area contributed by atoms with E-state index in [2.05, 4.69) is 10.3 Å². The minimum Gasteiger partial charge on any atom is -0.461 e. The molecule has 0 radical (unpaired) electrons. The molecule has 6 aliphatic rings. The monoisotopic (exact) mass is 386 g/mol. The Labute approximate surface area is 152 Å². The number of guanidine groups is 1. The molecule has 0 aromatic carbocycles. The van der Waals surface area contributed by atoms with E-state index in [9.17, 15) is 19.8 Å². The summed E-state index contributed by atoms with van der Waals surface area (Å²) in [5.41, 5.74) is 2.99. The molecule has 9 atom stereocenters.